The van der Waals surface area contributed by atoms with Crippen molar-refractivity contribution in [1.29, 1.82) is 0 Å². The second-order valence-corrected chi connectivity index (χ2v) is 6.54. The number of ether oxygens (including phenoxy) is 2. The normalized spacial score (nSPS) is 15.2. The fourth-order valence-electron chi connectivity index (χ4n) is 2.94. The van der Waals surface area contributed by atoms with Gasteiger partial charge in [0.15, 0.2) is 11.9 Å². The van der Waals surface area contributed by atoms with Crippen molar-refractivity contribution in [3.05, 3.63) is 53.6 Å². The Labute approximate surface area is 167 Å². The molecule has 1 unspecified atom stereocenters. The molecule has 0 spiro atoms. The zero-order chi connectivity index (χ0) is 21.1. The van der Waals surface area contributed by atoms with Gasteiger partial charge in [-0.15, -0.1) is 0 Å². The van der Waals surface area contributed by atoms with Crippen LogP contribution in [-0.4, -0.2) is 43.3 Å². The van der Waals surface area contributed by atoms with Gasteiger partial charge in [0.1, 0.15) is 12.3 Å². The van der Waals surface area contributed by atoms with E-state index >= 15 is 0 Å². The van der Waals surface area contributed by atoms with Gasteiger partial charge in [0.2, 0.25) is 5.91 Å². The van der Waals surface area contributed by atoms with Gasteiger partial charge in [-0.05, 0) is 56.3 Å². The number of benzene rings is 2. The van der Waals surface area contributed by atoms with Crippen LogP contribution in [0.15, 0.2) is 42.5 Å². The number of amides is 2. The van der Waals surface area contributed by atoms with Crippen molar-refractivity contribution >= 4 is 34.9 Å². The molecule has 2 amide bonds. The minimum Gasteiger partial charge on any atom is -0.479 e. The third kappa shape index (κ3) is 4.26. The van der Waals surface area contributed by atoms with Crippen molar-refractivity contribution < 1.29 is 28.7 Å². The Morgan fingerprint density at radius 3 is 2.38 bits per heavy atom. The number of carbonyl (C=O) groups is 4. The summed E-state index contributed by atoms with van der Waals surface area (Å²) in [4.78, 5) is 49.6. The van der Waals surface area contributed by atoms with Crippen molar-refractivity contribution in [3.8, 4) is 5.75 Å². The van der Waals surface area contributed by atoms with Crippen molar-refractivity contribution in [3.63, 3.8) is 0 Å². The molecule has 2 aromatic rings. The molecular formula is C21H20N2O6. The molecule has 1 aliphatic rings. The zero-order valence-corrected chi connectivity index (χ0v) is 16.2. The molecule has 0 aliphatic carbocycles. The third-order valence-corrected chi connectivity index (χ3v) is 4.47. The summed E-state index contributed by atoms with van der Waals surface area (Å²) < 4.78 is 10.2. The number of ketones is 1. The summed E-state index contributed by atoms with van der Waals surface area (Å²) >= 11 is 0. The Bertz CT molecular complexity index is 983. The number of nitrogens with one attached hydrogen (secondary N) is 1. The summed E-state index contributed by atoms with van der Waals surface area (Å²) in [6, 6.07) is 11.0. The lowest BCUT2D eigenvalue weighted by atomic mass is 10.1. The van der Waals surface area contributed by atoms with Crippen LogP contribution in [0.1, 0.15) is 34.6 Å². The van der Waals surface area contributed by atoms with Crippen molar-refractivity contribution in [2.24, 2.45) is 0 Å². The van der Waals surface area contributed by atoms with Crippen LogP contribution in [0, 0.1) is 0 Å². The van der Waals surface area contributed by atoms with Crippen LogP contribution < -0.4 is 15.0 Å². The monoisotopic (exact) mass is 396 g/mol. The van der Waals surface area contributed by atoms with Gasteiger partial charge in [-0.2, -0.15) is 0 Å². The van der Waals surface area contributed by atoms with E-state index < -0.39 is 18.0 Å². The number of fused-ring (bicyclic) bond motifs is 1. The van der Waals surface area contributed by atoms with Crippen LogP contribution in [0.25, 0.3) is 0 Å². The first-order chi connectivity index (χ1) is 13.8. The number of nitrogens with zero attached hydrogens (tertiary/aromatic N) is 1. The first-order valence-electron chi connectivity index (χ1n) is 8.91. The topological polar surface area (TPSA) is 102 Å². The molecule has 0 saturated heterocycles. The van der Waals surface area contributed by atoms with Gasteiger partial charge in [-0.25, -0.2) is 4.79 Å². The maximum absolute atomic E-state index is 12.6. The number of methoxy groups -OCH3 is 1. The number of anilines is 2. The quantitative estimate of drug-likeness (QED) is 0.615. The van der Waals surface area contributed by atoms with Crippen molar-refractivity contribution in [2.75, 3.05) is 23.9 Å². The van der Waals surface area contributed by atoms with E-state index in [1.54, 1.807) is 37.3 Å². The lowest BCUT2D eigenvalue weighted by Crippen LogP contribution is -2.47. The van der Waals surface area contributed by atoms with Crippen molar-refractivity contribution in [1.82, 2.24) is 0 Å². The molecule has 0 bridgehead atoms. The number of hydrogen-bond acceptors (Lipinski definition) is 6. The minimum absolute atomic E-state index is 0.158. The molecule has 1 aliphatic heterocycles. The highest BCUT2D eigenvalue weighted by Gasteiger charge is 2.33. The van der Waals surface area contributed by atoms with Crippen LogP contribution in [0.5, 0.6) is 5.75 Å². The predicted molar refractivity (Wildman–Crippen MR) is 105 cm³/mol. The number of Topliss-reactive ketones (excluding diaryl/α,β-unsaturated/α-hetero) is 1. The SMILES string of the molecule is COC(=O)c1ccc(NC(=O)CN2C(=O)C(C)Oc3ccc(C(C)=O)cc32)cc1. The Kier molecular flexibility index (Phi) is 5.63. The molecule has 1 heterocycles. The van der Waals surface area contributed by atoms with E-state index in [1.165, 1.54) is 31.1 Å². The number of esters is 1. The molecule has 1 N–H and O–H groups in total. The Balaban J connectivity index is 1.79. The molecule has 0 saturated carbocycles. The minimum atomic E-state index is -0.752. The Morgan fingerprint density at radius 1 is 1.10 bits per heavy atom. The summed E-state index contributed by atoms with van der Waals surface area (Å²) in [5, 5.41) is 2.68. The lowest BCUT2D eigenvalue weighted by Gasteiger charge is -2.32. The molecule has 150 valence electrons. The fraction of sp³-hybridized carbons (Fsp3) is 0.238. The second-order valence-electron chi connectivity index (χ2n) is 6.54. The Hall–Kier alpha value is -3.68. The molecule has 0 radical (unpaired) electrons. The average molecular weight is 396 g/mol. The highest BCUT2D eigenvalue weighted by atomic mass is 16.5. The first-order valence-corrected chi connectivity index (χ1v) is 8.91. The standard InChI is InChI=1S/C21H20N2O6/c1-12(24)15-6-9-18-17(10-15)23(20(26)13(2)29-18)11-19(25)22-16-7-4-14(5-8-16)21(27)28-3/h4-10,13H,11H2,1-3H3,(H,22,25). The summed E-state index contributed by atoms with van der Waals surface area (Å²) in [6.07, 6.45) is -0.752. The lowest BCUT2D eigenvalue weighted by molar-refractivity contribution is -0.127. The van der Waals surface area contributed by atoms with E-state index in [0.717, 1.165) is 0 Å². The highest BCUT2D eigenvalue weighted by Crippen LogP contribution is 2.35. The molecule has 29 heavy (non-hydrogen) atoms. The van der Waals surface area contributed by atoms with Crippen molar-refractivity contribution in [2.45, 2.75) is 20.0 Å². The molecule has 8 nitrogen and oxygen atoms in total. The molecule has 8 heteroatoms. The van der Waals surface area contributed by atoms with Crippen LogP contribution in [0.2, 0.25) is 0 Å². The highest BCUT2D eigenvalue weighted by molar-refractivity contribution is 6.07. The Morgan fingerprint density at radius 2 is 1.76 bits per heavy atom. The van der Waals surface area contributed by atoms with Gasteiger partial charge in [0.25, 0.3) is 5.91 Å². The molecule has 0 aromatic heterocycles. The number of rotatable bonds is 5. The molecule has 0 fully saturated rings. The van der Waals surface area contributed by atoms with Gasteiger partial charge >= 0.3 is 5.97 Å². The molecule has 2 aromatic carbocycles. The molecule has 1 atom stereocenters. The summed E-state index contributed by atoms with van der Waals surface area (Å²) in [5.41, 5.74) is 1.61. The van der Waals surface area contributed by atoms with E-state index in [1.807, 2.05) is 0 Å². The van der Waals surface area contributed by atoms with E-state index in [4.69, 9.17) is 4.74 Å². The summed E-state index contributed by atoms with van der Waals surface area (Å²) in [7, 11) is 1.29. The van der Waals surface area contributed by atoms with Gasteiger partial charge in [-0.1, -0.05) is 0 Å². The fourth-order valence-corrected chi connectivity index (χ4v) is 2.94. The maximum Gasteiger partial charge on any atom is 0.337 e. The number of carbonyl (C=O) groups excluding carboxylic acids is 4. The van der Waals surface area contributed by atoms with E-state index in [2.05, 4.69) is 10.1 Å². The van der Waals surface area contributed by atoms with E-state index in [0.29, 0.717) is 28.3 Å². The second kappa shape index (κ2) is 8.14. The summed E-state index contributed by atoms with van der Waals surface area (Å²) in [6.45, 7) is 2.77. The van der Waals surface area contributed by atoms with Crippen LogP contribution >= 0.6 is 0 Å². The maximum atomic E-state index is 12.6. The summed E-state index contributed by atoms with van der Waals surface area (Å²) in [5.74, 6) is -1.02. The largest absolute Gasteiger partial charge is 0.479 e. The first kappa shape index (κ1) is 20.1. The average Bonchev–Trinajstić information content (AvgIpc) is 2.71. The molecule has 3 rings (SSSR count). The third-order valence-electron chi connectivity index (χ3n) is 4.47. The van der Waals surface area contributed by atoms with Gasteiger partial charge < -0.3 is 14.8 Å². The van der Waals surface area contributed by atoms with Gasteiger partial charge in [-0.3, -0.25) is 19.3 Å². The van der Waals surface area contributed by atoms with Crippen LogP contribution in [0.3, 0.4) is 0 Å². The predicted octanol–water partition coefficient (Wildman–Crippen LogP) is 2.43. The van der Waals surface area contributed by atoms with Crippen LogP contribution in [0.4, 0.5) is 11.4 Å². The van der Waals surface area contributed by atoms with Gasteiger partial charge in [0, 0.05) is 11.3 Å². The zero-order valence-electron chi connectivity index (χ0n) is 16.2. The van der Waals surface area contributed by atoms with Crippen LogP contribution in [-0.2, 0) is 14.3 Å². The van der Waals surface area contributed by atoms with E-state index in [9.17, 15) is 19.2 Å². The molecular weight excluding hydrogens is 376 g/mol. The van der Waals surface area contributed by atoms with Gasteiger partial charge in [0.05, 0.1) is 18.4 Å². The number of hydrogen-bond donors (Lipinski definition) is 1. The van der Waals surface area contributed by atoms with E-state index in [-0.39, 0.29) is 18.2 Å². The smallest absolute Gasteiger partial charge is 0.337 e.